The SMILES string of the molecule is CCN(C)CCCC1c2c([nH]c3ccccc23)C(c2ccccc2)N2C(=O)NC(=O)C12C. The van der Waals surface area contributed by atoms with E-state index >= 15 is 0 Å². The topological polar surface area (TPSA) is 68.4 Å². The number of carbonyl (C=O) groups excluding carboxylic acids is 2. The molecule has 3 aromatic rings. The molecule has 6 nitrogen and oxygen atoms in total. The summed E-state index contributed by atoms with van der Waals surface area (Å²) in [5.74, 6) is -0.293. The first-order valence-corrected chi connectivity index (χ1v) is 11.5. The van der Waals surface area contributed by atoms with E-state index in [1.807, 2.05) is 49.4 Å². The van der Waals surface area contributed by atoms with Gasteiger partial charge in [-0.1, -0.05) is 55.5 Å². The van der Waals surface area contributed by atoms with Crippen LogP contribution in [0, 0.1) is 0 Å². The summed E-state index contributed by atoms with van der Waals surface area (Å²) < 4.78 is 0. The Balaban J connectivity index is 1.72. The number of imide groups is 1. The van der Waals surface area contributed by atoms with Gasteiger partial charge in [-0.25, -0.2) is 4.79 Å². The monoisotopic (exact) mass is 430 g/mol. The van der Waals surface area contributed by atoms with Crippen LogP contribution in [0.1, 0.15) is 55.5 Å². The van der Waals surface area contributed by atoms with Crippen LogP contribution in [-0.4, -0.2) is 52.4 Å². The number of nitrogens with one attached hydrogen (secondary N) is 2. The van der Waals surface area contributed by atoms with Crippen molar-refractivity contribution in [1.82, 2.24) is 20.1 Å². The van der Waals surface area contributed by atoms with Gasteiger partial charge in [0.1, 0.15) is 11.6 Å². The molecule has 2 N–H and O–H groups in total. The van der Waals surface area contributed by atoms with Crippen LogP contribution in [-0.2, 0) is 4.79 Å². The molecule has 3 amide bonds. The Kier molecular flexibility index (Phi) is 5.05. The summed E-state index contributed by atoms with van der Waals surface area (Å²) in [6, 6.07) is 17.6. The van der Waals surface area contributed by atoms with Crippen LogP contribution in [0.25, 0.3) is 10.9 Å². The smallest absolute Gasteiger partial charge is 0.325 e. The second kappa shape index (κ2) is 7.78. The Labute approximate surface area is 188 Å². The lowest BCUT2D eigenvalue weighted by atomic mass is 9.70. The highest BCUT2D eigenvalue weighted by atomic mass is 16.2. The van der Waals surface area contributed by atoms with Gasteiger partial charge in [0.15, 0.2) is 0 Å². The van der Waals surface area contributed by atoms with Gasteiger partial charge >= 0.3 is 6.03 Å². The fourth-order valence-corrected chi connectivity index (χ4v) is 5.60. The van der Waals surface area contributed by atoms with Gasteiger partial charge in [0.25, 0.3) is 5.91 Å². The fourth-order valence-electron chi connectivity index (χ4n) is 5.60. The van der Waals surface area contributed by atoms with E-state index in [9.17, 15) is 9.59 Å². The Morgan fingerprint density at radius 1 is 1.06 bits per heavy atom. The van der Waals surface area contributed by atoms with Crippen molar-refractivity contribution in [1.29, 1.82) is 0 Å². The summed E-state index contributed by atoms with van der Waals surface area (Å²) in [6.07, 6.45) is 1.78. The number of hydrogen-bond donors (Lipinski definition) is 2. The molecule has 0 radical (unpaired) electrons. The summed E-state index contributed by atoms with van der Waals surface area (Å²) in [6.45, 7) is 6.04. The summed E-state index contributed by atoms with van der Waals surface area (Å²) in [7, 11) is 2.11. The van der Waals surface area contributed by atoms with Gasteiger partial charge in [0, 0.05) is 22.5 Å². The van der Waals surface area contributed by atoms with Gasteiger partial charge in [0.05, 0.1) is 0 Å². The number of para-hydroxylation sites is 1. The number of rotatable bonds is 6. The zero-order valence-electron chi connectivity index (χ0n) is 18.9. The van der Waals surface area contributed by atoms with Crippen LogP contribution in [0.5, 0.6) is 0 Å². The van der Waals surface area contributed by atoms with Gasteiger partial charge in [-0.2, -0.15) is 0 Å². The van der Waals surface area contributed by atoms with Gasteiger partial charge in [0.2, 0.25) is 0 Å². The normalized spacial score (nSPS) is 24.7. The van der Waals surface area contributed by atoms with Crippen molar-refractivity contribution >= 4 is 22.8 Å². The predicted molar refractivity (Wildman–Crippen MR) is 126 cm³/mol. The zero-order chi connectivity index (χ0) is 22.5. The molecule has 0 saturated carbocycles. The van der Waals surface area contributed by atoms with Crippen molar-refractivity contribution < 1.29 is 9.59 Å². The van der Waals surface area contributed by atoms with Gasteiger partial charge in [-0.3, -0.25) is 15.0 Å². The van der Waals surface area contributed by atoms with E-state index in [1.165, 1.54) is 5.56 Å². The number of carbonyl (C=O) groups is 2. The molecule has 166 valence electrons. The lowest BCUT2D eigenvalue weighted by Crippen LogP contribution is -2.56. The third-order valence-corrected chi connectivity index (χ3v) is 7.42. The van der Waals surface area contributed by atoms with Crippen molar-refractivity contribution in [3.05, 3.63) is 71.4 Å². The molecule has 1 fully saturated rings. The van der Waals surface area contributed by atoms with Crippen molar-refractivity contribution in [2.24, 2.45) is 0 Å². The summed E-state index contributed by atoms with van der Waals surface area (Å²) in [5, 5.41) is 3.78. The largest absolute Gasteiger partial charge is 0.356 e. The number of aromatic nitrogens is 1. The highest BCUT2D eigenvalue weighted by molar-refractivity contribution is 6.09. The van der Waals surface area contributed by atoms with Crippen LogP contribution in [0.15, 0.2) is 54.6 Å². The van der Waals surface area contributed by atoms with E-state index < -0.39 is 5.54 Å². The molecule has 0 spiro atoms. The maximum Gasteiger partial charge on any atom is 0.325 e. The van der Waals surface area contributed by atoms with Crippen LogP contribution >= 0.6 is 0 Å². The van der Waals surface area contributed by atoms with Crippen LogP contribution in [0.4, 0.5) is 4.79 Å². The minimum absolute atomic E-state index is 0.0923. The third kappa shape index (κ3) is 2.97. The summed E-state index contributed by atoms with van der Waals surface area (Å²) in [5.41, 5.74) is 3.30. The Bertz CT molecular complexity index is 1170. The number of H-pyrrole nitrogens is 1. The second-order valence-electron chi connectivity index (χ2n) is 9.18. The van der Waals surface area contributed by atoms with Crippen molar-refractivity contribution in [2.75, 3.05) is 20.1 Å². The van der Waals surface area contributed by atoms with Gasteiger partial charge in [-0.15, -0.1) is 0 Å². The Hall–Kier alpha value is -3.12. The summed E-state index contributed by atoms with van der Waals surface area (Å²) >= 11 is 0. The van der Waals surface area contributed by atoms with Crippen LogP contribution in [0.2, 0.25) is 0 Å². The summed E-state index contributed by atoms with van der Waals surface area (Å²) in [4.78, 5) is 34.2. The number of fused-ring (bicyclic) bond motifs is 4. The lowest BCUT2D eigenvalue weighted by molar-refractivity contribution is -0.128. The number of benzene rings is 2. The van der Waals surface area contributed by atoms with Crippen molar-refractivity contribution in [3.63, 3.8) is 0 Å². The molecule has 0 aliphatic carbocycles. The predicted octanol–water partition coefficient (Wildman–Crippen LogP) is 4.40. The fraction of sp³-hybridized carbons (Fsp3) is 0.385. The van der Waals surface area contributed by atoms with E-state index in [4.69, 9.17) is 0 Å². The average molecular weight is 431 g/mol. The molecule has 2 aromatic carbocycles. The van der Waals surface area contributed by atoms with Crippen molar-refractivity contribution in [3.8, 4) is 0 Å². The standard InChI is InChI=1S/C26H30N4O2/c1-4-29(3)16-10-14-19-21-18-13-8-9-15-20(18)27-22(21)23(17-11-6-5-7-12-17)30-25(32)28-24(31)26(19,30)2/h5-9,11-13,15,19,23,27H,4,10,14,16H2,1-3H3,(H,28,31,32). The molecule has 6 heteroatoms. The van der Waals surface area contributed by atoms with Crippen LogP contribution in [0.3, 0.4) is 0 Å². The molecule has 2 aliphatic rings. The number of nitrogens with zero attached hydrogens (tertiary/aromatic N) is 2. The zero-order valence-corrected chi connectivity index (χ0v) is 18.9. The first kappa shape index (κ1) is 20.8. The quantitative estimate of drug-likeness (QED) is 0.570. The van der Waals surface area contributed by atoms with E-state index in [0.717, 1.165) is 48.1 Å². The number of amides is 3. The minimum Gasteiger partial charge on any atom is -0.356 e. The molecule has 32 heavy (non-hydrogen) atoms. The highest BCUT2D eigenvalue weighted by Crippen LogP contribution is 2.54. The third-order valence-electron chi connectivity index (χ3n) is 7.42. The van der Waals surface area contributed by atoms with E-state index in [2.05, 4.69) is 41.3 Å². The second-order valence-corrected chi connectivity index (χ2v) is 9.18. The molecule has 1 saturated heterocycles. The molecular formula is C26H30N4O2. The Morgan fingerprint density at radius 3 is 2.53 bits per heavy atom. The van der Waals surface area contributed by atoms with Crippen LogP contribution < -0.4 is 5.32 Å². The Morgan fingerprint density at radius 2 is 1.78 bits per heavy atom. The molecule has 0 bridgehead atoms. The molecule has 2 aliphatic heterocycles. The van der Waals surface area contributed by atoms with Gasteiger partial charge in [-0.05, 0) is 57.1 Å². The first-order valence-electron chi connectivity index (χ1n) is 11.5. The lowest BCUT2D eigenvalue weighted by Gasteiger charge is -2.47. The maximum atomic E-state index is 13.4. The number of urea groups is 1. The van der Waals surface area contributed by atoms with E-state index in [-0.39, 0.29) is 23.9 Å². The molecule has 3 heterocycles. The highest BCUT2D eigenvalue weighted by Gasteiger charge is 2.61. The maximum absolute atomic E-state index is 13.4. The molecule has 3 atom stereocenters. The van der Waals surface area contributed by atoms with E-state index in [1.54, 1.807) is 4.90 Å². The number of hydrogen-bond acceptors (Lipinski definition) is 3. The molecule has 3 unspecified atom stereocenters. The minimum atomic E-state index is -0.944. The average Bonchev–Trinajstić information content (AvgIpc) is 3.29. The number of aromatic amines is 1. The van der Waals surface area contributed by atoms with E-state index in [0.29, 0.717) is 0 Å². The van der Waals surface area contributed by atoms with Crippen molar-refractivity contribution in [2.45, 2.75) is 44.2 Å². The molecule has 1 aromatic heterocycles. The molecule has 5 rings (SSSR count). The molecular weight excluding hydrogens is 400 g/mol. The first-order chi connectivity index (χ1) is 15.5. The van der Waals surface area contributed by atoms with Gasteiger partial charge < -0.3 is 9.88 Å².